The molecule has 1 N–H and O–H groups in total. The molecular formula is C13H28N2O3. The zero-order chi connectivity index (χ0) is 13.1. The van der Waals surface area contributed by atoms with Gasteiger partial charge in [0, 0.05) is 53.6 Å². The summed E-state index contributed by atoms with van der Waals surface area (Å²) < 4.78 is 16.0. The molecule has 0 aromatic rings. The molecule has 0 radical (unpaired) electrons. The smallest absolute Gasteiger partial charge is 0.0712 e. The highest BCUT2D eigenvalue weighted by Gasteiger charge is 2.14. The van der Waals surface area contributed by atoms with Crippen LogP contribution >= 0.6 is 0 Å². The van der Waals surface area contributed by atoms with Crippen molar-refractivity contribution in [2.75, 3.05) is 66.8 Å². The minimum Gasteiger partial charge on any atom is -0.385 e. The third-order valence-electron chi connectivity index (χ3n) is 3.21. The molecule has 1 unspecified atom stereocenters. The molecule has 1 aliphatic rings. The zero-order valence-corrected chi connectivity index (χ0v) is 11.8. The van der Waals surface area contributed by atoms with Gasteiger partial charge < -0.3 is 24.4 Å². The van der Waals surface area contributed by atoms with E-state index >= 15 is 0 Å². The highest BCUT2D eigenvalue weighted by atomic mass is 16.5. The fourth-order valence-corrected chi connectivity index (χ4v) is 2.12. The summed E-state index contributed by atoms with van der Waals surface area (Å²) >= 11 is 0. The molecule has 1 rings (SSSR count). The van der Waals surface area contributed by atoms with Gasteiger partial charge in [-0.15, -0.1) is 0 Å². The van der Waals surface area contributed by atoms with E-state index in [-0.39, 0.29) is 0 Å². The Morgan fingerprint density at radius 1 is 1.17 bits per heavy atom. The maximum Gasteiger partial charge on any atom is 0.0712 e. The average molecular weight is 260 g/mol. The number of nitrogens with one attached hydrogen (secondary N) is 1. The summed E-state index contributed by atoms with van der Waals surface area (Å²) in [4.78, 5) is 2.43. The van der Waals surface area contributed by atoms with Crippen LogP contribution < -0.4 is 5.32 Å². The number of hydrogen-bond donors (Lipinski definition) is 1. The van der Waals surface area contributed by atoms with Gasteiger partial charge in [0.2, 0.25) is 0 Å². The summed E-state index contributed by atoms with van der Waals surface area (Å²) in [5, 5.41) is 3.37. The van der Waals surface area contributed by atoms with Gasteiger partial charge in [0.1, 0.15) is 0 Å². The third kappa shape index (κ3) is 7.28. The van der Waals surface area contributed by atoms with Crippen molar-refractivity contribution in [1.29, 1.82) is 0 Å². The van der Waals surface area contributed by atoms with Crippen molar-refractivity contribution in [2.45, 2.75) is 18.9 Å². The number of hydrogen-bond acceptors (Lipinski definition) is 5. The Bertz CT molecular complexity index is 187. The van der Waals surface area contributed by atoms with E-state index < -0.39 is 0 Å². The molecule has 1 saturated heterocycles. The maximum absolute atomic E-state index is 5.71. The molecule has 0 aliphatic carbocycles. The van der Waals surface area contributed by atoms with E-state index in [1.165, 1.54) is 0 Å². The highest BCUT2D eigenvalue weighted by Crippen LogP contribution is 2.04. The van der Waals surface area contributed by atoms with Crippen molar-refractivity contribution >= 4 is 0 Å². The van der Waals surface area contributed by atoms with Crippen molar-refractivity contribution in [2.24, 2.45) is 0 Å². The minimum atomic E-state index is 0.367. The Hall–Kier alpha value is -0.200. The van der Waals surface area contributed by atoms with Crippen LogP contribution in [0.5, 0.6) is 0 Å². The monoisotopic (exact) mass is 260 g/mol. The van der Waals surface area contributed by atoms with Gasteiger partial charge in [-0.25, -0.2) is 0 Å². The third-order valence-corrected chi connectivity index (χ3v) is 3.21. The van der Waals surface area contributed by atoms with Crippen LogP contribution in [0.25, 0.3) is 0 Å². The first kappa shape index (κ1) is 15.9. The number of ether oxygens (including phenoxy) is 3. The fraction of sp³-hybridized carbons (Fsp3) is 1.00. The van der Waals surface area contributed by atoms with Crippen LogP contribution in [-0.2, 0) is 14.2 Å². The molecule has 5 heteroatoms. The van der Waals surface area contributed by atoms with Gasteiger partial charge in [0.15, 0.2) is 0 Å². The second kappa shape index (κ2) is 10.7. The molecule has 5 nitrogen and oxygen atoms in total. The van der Waals surface area contributed by atoms with Crippen LogP contribution in [0.2, 0.25) is 0 Å². The molecule has 0 amide bonds. The quantitative estimate of drug-likeness (QED) is 0.574. The SMILES string of the molecule is COCCCN(CCOC)CCC1CNCCO1. The molecule has 1 atom stereocenters. The summed E-state index contributed by atoms with van der Waals surface area (Å²) in [5.74, 6) is 0. The topological polar surface area (TPSA) is 43.0 Å². The van der Waals surface area contributed by atoms with Crippen molar-refractivity contribution in [3.63, 3.8) is 0 Å². The van der Waals surface area contributed by atoms with E-state index in [1.807, 2.05) is 0 Å². The van der Waals surface area contributed by atoms with Gasteiger partial charge in [-0.2, -0.15) is 0 Å². The summed E-state index contributed by atoms with van der Waals surface area (Å²) in [6, 6.07) is 0. The first-order chi connectivity index (χ1) is 8.86. The van der Waals surface area contributed by atoms with Crippen LogP contribution in [0.4, 0.5) is 0 Å². The molecule has 0 spiro atoms. The average Bonchev–Trinajstić information content (AvgIpc) is 2.42. The largest absolute Gasteiger partial charge is 0.385 e. The molecule has 0 aromatic heterocycles. The minimum absolute atomic E-state index is 0.367. The fourth-order valence-electron chi connectivity index (χ4n) is 2.12. The van der Waals surface area contributed by atoms with Gasteiger partial charge in [-0.1, -0.05) is 0 Å². The molecule has 0 aromatic carbocycles. The lowest BCUT2D eigenvalue weighted by atomic mass is 10.2. The number of methoxy groups -OCH3 is 2. The molecule has 0 bridgehead atoms. The van der Waals surface area contributed by atoms with E-state index in [0.717, 1.165) is 65.4 Å². The summed E-state index contributed by atoms with van der Waals surface area (Å²) in [7, 11) is 3.50. The lowest BCUT2D eigenvalue weighted by Gasteiger charge is -2.27. The van der Waals surface area contributed by atoms with Gasteiger partial charge in [-0.3, -0.25) is 0 Å². The summed E-state index contributed by atoms with van der Waals surface area (Å²) in [6.45, 7) is 7.54. The van der Waals surface area contributed by atoms with Crippen LogP contribution in [-0.4, -0.2) is 77.8 Å². The summed E-state index contributed by atoms with van der Waals surface area (Å²) in [6.07, 6.45) is 2.53. The molecule has 1 fully saturated rings. The maximum atomic E-state index is 5.71. The van der Waals surface area contributed by atoms with Crippen molar-refractivity contribution in [3.8, 4) is 0 Å². The van der Waals surface area contributed by atoms with Gasteiger partial charge in [0.25, 0.3) is 0 Å². The van der Waals surface area contributed by atoms with Gasteiger partial charge >= 0.3 is 0 Å². The van der Waals surface area contributed by atoms with Crippen LogP contribution in [0.15, 0.2) is 0 Å². The molecule has 108 valence electrons. The number of morpholine rings is 1. The Morgan fingerprint density at radius 2 is 2.00 bits per heavy atom. The van der Waals surface area contributed by atoms with Crippen LogP contribution in [0.1, 0.15) is 12.8 Å². The molecular weight excluding hydrogens is 232 g/mol. The van der Waals surface area contributed by atoms with Gasteiger partial charge in [-0.05, 0) is 12.8 Å². The van der Waals surface area contributed by atoms with E-state index in [0.29, 0.717) is 6.10 Å². The lowest BCUT2D eigenvalue weighted by molar-refractivity contribution is 0.0154. The van der Waals surface area contributed by atoms with E-state index in [1.54, 1.807) is 14.2 Å². The molecule has 1 heterocycles. The predicted octanol–water partition coefficient (Wildman–Crippen LogP) is 0.350. The molecule has 18 heavy (non-hydrogen) atoms. The standard InChI is InChI=1S/C13H28N2O3/c1-16-9-3-6-15(8-11-17-2)7-4-13-12-14-5-10-18-13/h13-14H,3-12H2,1-2H3. The Kier molecular flexibility index (Phi) is 9.42. The Labute approximate surface area is 111 Å². The normalized spacial score (nSPS) is 20.5. The second-order valence-corrected chi connectivity index (χ2v) is 4.67. The van der Waals surface area contributed by atoms with Crippen molar-refractivity contribution in [3.05, 3.63) is 0 Å². The lowest BCUT2D eigenvalue weighted by Crippen LogP contribution is -2.41. The number of nitrogens with zero attached hydrogens (tertiary/aromatic N) is 1. The molecule has 1 aliphatic heterocycles. The van der Waals surface area contributed by atoms with Crippen LogP contribution in [0.3, 0.4) is 0 Å². The van der Waals surface area contributed by atoms with E-state index in [9.17, 15) is 0 Å². The number of rotatable bonds is 10. The van der Waals surface area contributed by atoms with Crippen molar-refractivity contribution in [1.82, 2.24) is 10.2 Å². The zero-order valence-electron chi connectivity index (χ0n) is 11.8. The van der Waals surface area contributed by atoms with Crippen LogP contribution in [0, 0.1) is 0 Å². The molecule has 0 saturated carbocycles. The summed E-state index contributed by atoms with van der Waals surface area (Å²) in [5.41, 5.74) is 0. The van der Waals surface area contributed by atoms with Gasteiger partial charge in [0.05, 0.1) is 19.3 Å². The second-order valence-electron chi connectivity index (χ2n) is 4.67. The van der Waals surface area contributed by atoms with E-state index in [4.69, 9.17) is 14.2 Å². The Morgan fingerprint density at radius 3 is 2.67 bits per heavy atom. The predicted molar refractivity (Wildman–Crippen MR) is 72.0 cm³/mol. The van der Waals surface area contributed by atoms with Crippen molar-refractivity contribution < 1.29 is 14.2 Å². The highest BCUT2D eigenvalue weighted by molar-refractivity contribution is 4.69. The Balaban J connectivity index is 2.16. The van der Waals surface area contributed by atoms with E-state index in [2.05, 4.69) is 10.2 Å². The first-order valence-electron chi connectivity index (χ1n) is 6.89. The first-order valence-corrected chi connectivity index (χ1v) is 6.89.